The van der Waals surface area contributed by atoms with E-state index in [4.69, 9.17) is 15.0 Å². The summed E-state index contributed by atoms with van der Waals surface area (Å²) in [5, 5.41) is 18.8. The lowest BCUT2D eigenvalue weighted by Gasteiger charge is -2.09. The molecule has 0 aliphatic heterocycles. The Balaban J connectivity index is 1.58. The van der Waals surface area contributed by atoms with Gasteiger partial charge in [-0.2, -0.15) is 0 Å². The Bertz CT molecular complexity index is 1360. The Morgan fingerprint density at radius 3 is 1.18 bits per heavy atom. The van der Waals surface area contributed by atoms with E-state index in [1.807, 2.05) is 60.7 Å². The predicted molar refractivity (Wildman–Crippen MR) is 131 cm³/mol. The van der Waals surface area contributed by atoms with Gasteiger partial charge >= 0.3 is 7.12 Å². The third-order valence-electron chi connectivity index (χ3n) is 5.38. The molecule has 0 spiro atoms. The molecule has 0 aliphatic carbocycles. The maximum Gasteiger partial charge on any atom is 0.488 e. The summed E-state index contributed by atoms with van der Waals surface area (Å²) in [6, 6.07) is 35.0. The average molecular weight is 429 g/mol. The van der Waals surface area contributed by atoms with Gasteiger partial charge in [0.15, 0.2) is 17.5 Å². The van der Waals surface area contributed by atoms with Crippen molar-refractivity contribution < 1.29 is 10.0 Å². The van der Waals surface area contributed by atoms with Crippen molar-refractivity contribution in [2.45, 2.75) is 0 Å². The second-order valence-electron chi connectivity index (χ2n) is 7.61. The number of benzene rings is 4. The van der Waals surface area contributed by atoms with E-state index in [2.05, 4.69) is 24.3 Å². The molecule has 0 atom stereocenters. The number of hydrogen-bond donors (Lipinski definition) is 2. The van der Waals surface area contributed by atoms with Crippen LogP contribution in [-0.4, -0.2) is 32.1 Å². The quantitative estimate of drug-likeness (QED) is 0.409. The van der Waals surface area contributed by atoms with Gasteiger partial charge in [-0.05, 0) is 16.6 Å². The molecule has 0 bridgehead atoms. The first kappa shape index (κ1) is 20.8. The van der Waals surface area contributed by atoms with E-state index in [-0.39, 0.29) is 0 Å². The predicted octanol–water partition coefficient (Wildman–Crippen LogP) is 4.22. The van der Waals surface area contributed by atoms with Crippen LogP contribution in [0.5, 0.6) is 0 Å². The number of nitrogens with zero attached hydrogens (tertiary/aromatic N) is 3. The van der Waals surface area contributed by atoms with Crippen LogP contribution in [0.25, 0.3) is 45.3 Å². The van der Waals surface area contributed by atoms with Gasteiger partial charge in [0.1, 0.15) is 0 Å². The normalized spacial score (nSPS) is 10.7. The maximum absolute atomic E-state index is 9.39. The molecule has 0 aliphatic rings. The third kappa shape index (κ3) is 4.57. The molecule has 1 aromatic heterocycles. The molecule has 158 valence electrons. The van der Waals surface area contributed by atoms with Crippen molar-refractivity contribution in [2.75, 3.05) is 0 Å². The van der Waals surface area contributed by atoms with Gasteiger partial charge in [-0.3, -0.25) is 0 Å². The van der Waals surface area contributed by atoms with Crippen LogP contribution in [-0.2, 0) is 0 Å². The van der Waals surface area contributed by atoms with E-state index in [9.17, 15) is 10.0 Å². The Morgan fingerprint density at radius 2 is 0.727 bits per heavy atom. The van der Waals surface area contributed by atoms with Crippen LogP contribution >= 0.6 is 0 Å². The third-order valence-corrected chi connectivity index (χ3v) is 5.38. The number of aromatic nitrogens is 3. The van der Waals surface area contributed by atoms with Crippen molar-refractivity contribution in [1.29, 1.82) is 0 Å². The largest absolute Gasteiger partial charge is 0.488 e. The molecule has 1 heterocycles. The summed E-state index contributed by atoms with van der Waals surface area (Å²) >= 11 is 0. The fourth-order valence-electron chi connectivity index (χ4n) is 3.60. The minimum Gasteiger partial charge on any atom is -0.423 e. The molecule has 5 aromatic rings. The standard InChI is InChI=1S/C27H20BN3O2/c32-28(33)24-17-15-23(16-18-24)27-30-25(21-9-5-2-6-10-21)29-26(31-27)22-13-11-20(12-14-22)19-7-3-1-4-8-19/h1-18,32-33H. The Hall–Kier alpha value is -4.13. The lowest BCUT2D eigenvalue weighted by Crippen LogP contribution is -2.29. The van der Waals surface area contributed by atoms with Crippen LogP contribution in [0.4, 0.5) is 0 Å². The highest BCUT2D eigenvalue weighted by Gasteiger charge is 2.14. The maximum atomic E-state index is 9.39. The topological polar surface area (TPSA) is 79.1 Å². The van der Waals surface area contributed by atoms with Gasteiger partial charge in [0.25, 0.3) is 0 Å². The van der Waals surface area contributed by atoms with Gasteiger partial charge < -0.3 is 10.0 Å². The van der Waals surface area contributed by atoms with Crippen molar-refractivity contribution in [2.24, 2.45) is 0 Å². The van der Waals surface area contributed by atoms with Gasteiger partial charge in [-0.25, -0.2) is 15.0 Å². The summed E-state index contributed by atoms with van der Waals surface area (Å²) in [4.78, 5) is 14.2. The molecule has 5 rings (SSSR count). The molecule has 5 nitrogen and oxygen atoms in total. The van der Waals surface area contributed by atoms with E-state index in [1.54, 1.807) is 24.3 Å². The number of rotatable bonds is 5. The van der Waals surface area contributed by atoms with Gasteiger partial charge in [0.05, 0.1) is 0 Å². The molecule has 0 saturated carbocycles. The van der Waals surface area contributed by atoms with Crippen LogP contribution in [0.15, 0.2) is 109 Å². The van der Waals surface area contributed by atoms with Crippen LogP contribution < -0.4 is 5.46 Å². The van der Waals surface area contributed by atoms with Crippen molar-refractivity contribution in [3.05, 3.63) is 109 Å². The van der Waals surface area contributed by atoms with E-state index in [0.717, 1.165) is 27.8 Å². The summed E-state index contributed by atoms with van der Waals surface area (Å²) in [6.45, 7) is 0. The lowest BCUT2D eigenvalue weighted by molar-refractivity contribution is 0.426. The highest BCUT2D eigenvalue weighted by Crippen LogP contribution is 2.26. The summed E-state index contributed by atoms with van der Waals surface area (Å²) in [5.74, 6) is 1.67. The molecule has 0 fully saturated rings. The first-order valence-corrected chi connectivity index (χ1v) is 10.6. The molecule has 0 amide bonds. The van der Waals surface area contributed by atoms with E-state index < -0.39 is 7.12 Å². The molecule has 33 heavy (non-hydrogen) atoms. The molecule has 4 aromatic carbocycles. The minimum absolute atomic E-state index is 0.410. The second-order valence-corrected chi connectivity index (χ2v) is 7.61. The zero-order chi connectivity index (χ0) is 22.6. The summed E-state index contributed by atoms with van der Waals surface area (Å²) in [7, 11) is -1.52. The Morgan fingerprint density at radius 1 is 0.394 bits per heavy atom. The van der Waals surface area contributed by atoms with E-state index >= 15 is 0 Å². The molecule has 2 N–H and O–H groups in total. The van der Waals surface area contributed by atoms with Gasteiger partial charge in [-0.1, -0.05) is 109 Å². The van der Waals surface area contributed by atoms with Crippen molar-refractivity contribution in [3.8, 4) is 45.3 Å². The molecular formula is C27H20BN3O2. The highest BCUT2D eigenvalue weighted by molar-refractivity contribution is 6.58. The van der Waals surface area contributed by atoms with Gasteiger partial charge in [-0.15, -0.1) is 0 Å². The Labute approximate surface area is 192 Å². The van der Waals surface area contributed by atoms with E-state index in [1.165, 1.54) is 0 Å². The zero-order valence-corrected chi connectivity index (χ0v) is 17.7. The SMILES string of the molecule is OB(O)c1ccc(-c2nc(-c3ccccc3)nc(-c3ccc(-c4ccccc4)cc3)n2)cc1. The van der Waals surface area contributed by atoms with Crippen molar-refractivity contribution in [1.82, 2.24) is 15.0 Å². The van der Waals surface area contributed by atoms with Crippen LogP contribution in [0.3, 0.4) is 0 Å². The van der Waals surface area contributed by atoms with Gasteiger partial charge in [0.2, 0.25) is 0 Å². The summed E-state index contributed by atoms with van der Waals surface area (Å²) in [6.07, 6.45) is 0. The van der Waals surface area contributed by atoms with Crippen molar-refractivity contribution >= 4 is 12.6 Å². The number of hydrogen-bond acceptors (Lipinski definition) is 5. The first-order valence-electron chi connectivity index (χ1n) is 10.6. The van der Waals surface area contributed by atoms with E-state index in [0.29, 0.717) is 22.9 Å². The highest BCUT2D eigenvalue weighted by atomic mass is 16.4. The molecular weight excluding hydrogens is 409 g/mol. The van der Waals surface area contributed by atoms with Gasteiger partial charge in [0, 0.05) is 16.7 Å². The fourth-order valence-corrected chi connectivity index (χ4v) is 3.60. The lowest BCUT2D eigenvalue weighted by atomic mass is 9.80. The second kappa shape index (κ2) is 9.16. The molecule has 0 saturated heterocycles. The minimum atomic E-state index is -1.52. The fraction of sp³-hybridized carbons (Fsp3) is 0. The van der Waals surface area contributed by atoms with Crippen molar-refractivity contribution in [3.63, 3.8) is 0 Å². The van der Waals surface area contributed by atoms with Crippen LogP contribution in [0, 0.1) is 0 Å². The van der Waals surface area contributed by atoms with Crippen LogP contribution in [0.2, 0.25) is 0 Å². The monoisotopic (exact) mass is 429 g/mol. The average Bonchev–Trinajstić information content (AvgIpc) is 2.89. The Kier molecular flexibility index (Phi) is 5.76. The molecule has 0 radical (unpaired) electrons. The summed E-state index contributed by atoms with van der Waals surface area (Å²) < 4.78 is 0. The van der Waals surface area contributed by atoms with Crippen LogP contribution in [0.1, 0.15) is 0 Å². The zero-order valence-electron chi connectivity index (χ0n) is 17.7. The molecule has 0 unspecified atom stereocenters. The smallest absolute Gasteiger partial charge is 0.423 e. The molecule has 6 heteroatoms. The summed E-state index contributed by atoms with van der Waals surface area (Å²) in [5.41, 5.74) is 5.23. The first-order chi connectivity index (χ1) is 16.2.